The third kappa shape index (κ3) is 5.63. The molecule has 0 spiro atoms. The molecular weight excluding hydrogens is 809 g/mol. The Kier molecular flexibility index (Phi) is 8.36. The van der Waals surface area contributed by atoms with Gasteiger partial charge in [-0.1, -0.05) is 182 Å². The van der Waals surface area contributed by atoms with Crippen molar-refractivity contribution in [2.45, 2.75) is 17.8 Å². The van der Waals surface area contributed by atoms with Crippen LogP contribution in [0.25, 0.3) is 88.0 Å². The standard InChI is InChI=1S/C65H44N2/c1-4-16-43(17-5-1)45-28-33-51(34-29-45)66-61-27-15-13-25-54(61)56-39-47(31-36-62(56)66)48-32-37-63-57(40-48)58-41-55-53-24-12-14-26-59(53)65(49-20-6-2-7-21-49,50-22-8-3-9-23-50)60(55)42-64(58)67(63)52-35-30-44-18-10-11-19-46(44)38-52/h1-16,18-43H,17H2. The van der Waals surface area contributed by atoms with E-state index in [1.807, 2.05) is 0 Å². The molecule has 0 bridgehead atoms. The molecule has 0 saturated carbocycles. The lowest BCUT2D eigenvalue weighted by molar-refractivity contribution is 0.769. The number of para-hydroxylation sites is 1. The van der Waals surface area contributed by atoms with Gasteiger partial charge in [0.05, 0.1) is 27.5 Å². The summed E-state index contributed by atoms with van der Waals surface area (Å²) < 4.78 is 4.94. The minimum Gasteiger partial charge on any atom is -0.309 e. The van der Waals surface area contributed by atoms with E-state index in [2.05, 4.69) is 258 Å². The summed E-state index contributed by atoms with van der Waals surface area (Å²) in [6.07, 6.45) is 9.93. The lowest BCUT2D eigenvalue weighted by Gasteiger charge is -2.34. The van der Waals surface area contributed by atoms with Crippen LogP contribution in [0.5, 0.6) is 0 Å². The van der Waals surface area contributed by atoms with Gasteiger partial charge in [0.25, 0.3) is 0 Å². The highest BCUT2D eigenvalue weighted by Gasteiger charge is 2.46. The Morgan fingerprint density at radius 3 is 1.70 bits per heavy atom. The molecular formula is C65H44N2. The topological polar surface area (TPSA) is 9.86 Å². The quantitative estimate of drug-likeness (QED) is 0.158. The van der Waals surface area contributed by atoms with Gasteiger partial charge in [0, 0.05) is 38.8 Å². The summed E-state index contributed by atoms with van der Waals surface area (Å²) in [5.41, 5.74) is 18.1. The highest BCUT2D eigenvalue weighted by Crippen LogP contribution is 2.57. The third-order valence-electron chi connectivity index (χ3n) is 14.9. The van der Waals surface area contributed by atoms with Gasteiger partial charge in [0.2, 0.25) is 0 Å². The second kappa shape index (κ2) is 14.8. The van der Waals surface area contributed by atoms with Crippen molar-refractivity contribution in [3.8, 4) is 33.6 Å². The zero-order valence-corrected chi connectivity index (χ0v) is 36.9. The van der Waals surface area contributed by atoms with E-state index in [-0.39, 0.29) is 0 Å². The lowest BCUT2D eigenvalue weighted by atomic mass is 9.67. The van der Waals surface area contributed by atoms with Crippen LogP contribution in [-0.4, -0.2) is 9.13 Å². The van der Waals surface area contributed by atoms with Gasteiger partial charge in [-0.15, -0.1) is 0 Å². The molecule has 12 aromatic rings. The highest BCUT2D eigenvalue weighted by molar-refractivity contribution is 6.14. The predicted octanol–water partition coefficient (Wildman–Crippen LogP) is 16.7. The van der Waals surface area contributed by atoms with E-state index in [0.717, 1.165) is 12.1 Å². The second-order valence-electron chi connectivity index (χ2n) is 18.4. The Balaban J connectivity index is 0.995. The van der Waals surface area contributed by atoms with Crippen LogP contribution in [0.4, 0.5) is 0 Å². The predicted molar refractivity (Wildman–Crippen MR) is 281 cm³/mol. The summed E-state index contributed by atoms with van der Waals surface area (Å²) in [6.45, 7) is 0. The van der Waals surface area contributed by atoms with Gasteiger partial charge in [0.1, 0.15) is 0 Å². The number of hydrogen-bond acceptors (Lipinski definition) is 0. The first-order valence-corrected chi connectivity index (χ1v) is 23.5. The Hall–Kier alpha value is -8.46. The van der Waals surface area contributed by atoms with Gasteiger partial charge in [-0.3, -0.25) is 0 Å². The van der Waals surface area contributed by atoms with Crippen molar-refractivity contribution in [1.82, 2.24) is 9.13 Å². The van der Waals surface area contributed by atoms with Gasteiger partial charge >= 0.3 is 0 Å². The van der Waals surface area contributed by atoms with Crippen molar-refractivity contribution < 1.29 is 0 Å². The average Bonchev–Trinajstić information content (AvgIpc) is 4.02. The molecule has 14 rings (SSSR count). The molecule has 0 saturated heterocycles. The Morgan fingerprint density at radius 1 is 0.373 bits per heavy atom. The Labute approximate surface area is 389 Å². The minimum absolute atomic E-state index is 0.424. The molecule has 2 heteroatoms. The molecule has 1 atom stereocenters. The van der Waals surface area contributed by atoms with E-state index in [1.54, 1.807) is 0 Å². The van der Waals surface area contributed by atoms with Crippen molar-refractivity contribution >= 4 is 54.4 Å². The van der Waals surface area contributed by atoms with Crippen LogP contribution in [0.1, 0.15) is 40.2 Å². The van der Waals surface area contributed by atoms with E-state index in [0.29, 0.717) is 5.92 Å². The third-order valence-corrected chi connectivity index (χ3v) is 14.9. The molecule has 0 radical (unpaired) electrons. The van der Waals surface area contributed by atoms with Crippen molar-refractivity contribution in [2.24, 2.45) is 0 Å². The first-order chi connectivity index (χ1) is 33.2. The number of benzene rings is 10. The molecule has 67 heavy (non-hydrogen) atoms. The summed E-state index contributed by atoms with van der Waals surface area (Å²) in [4.78, 5) is 0. The number of aromatic nitrogens is 2. The number of fused-ring (bicyclic) bond motifs is 10. The van der Waals surface area contributed by atoms with E-state index < -0.39 is 5.41 Å². The number of hydrogen-bond donors (Lipinski definition) is 0. The van der Waals surface area contributed by atoms with Gasteiger partial charge in [-0.25, -0.2) is 0 Å². The van der Waals surface area contributed by atoms with Crippen LogP contribution in [0.15, 0.2) is 249 Å². The van der Waals surface area contributed by atoms with Crippen molar-refractivity contribution in [3.05, 3.63) is 277 Å². The SMILES string of the molecule is C1=CCC(c2ccc(-n3c4ccccc4c4cc(-c5ccc6c(c5)c5cc7c(cc5n6-c5ccc6ccccc6c5)C(c5ccccc5)(c5ccccc5)c5ccccc5-7)ccc43)cc2)C=C1. The van der Waals surface area contributed by atoms with Gasteiger partial charge < -0.3 is 9.13 Å². The van der Waals surface area contributed by atoms with E-state index in [4.69, 9.17) is 0 Å². The lowest BCUT2D eigenvalue weighted by Crippen LogP contribution is -2.28. The summed E-state index contributed by atoms with van der Waals surface area (Å²) in [7, 11) is 0. The Morgan fingerprint density at radius 2 is 0.970 bits per heavy atom. The molecule has 1 unspecified atom stereocenters. The largest absolute Gasteiger partial charge is 0.309 e. The van der Waals surface area contributed by atoms with Crippen LogP contribution in [0.2, 0.25) is 0 Å². The van der Waals surface area contributed by atoms with Gasteiger partial charge in [-0.05, 0) is 134 Å². The molecule has 2 aromatic heterocycles. The highest BCUT2D eigenvalue weighted by atomic mass is 15.0. The maximum Gasteiger partial charge on any atom is 0.0714 e. The first kappa shape index (κ1) is 37.9. The molecule has 314 valence electrons. The van der Waals surface area contributed by atoms with Crippen molar-refractivity contribution in [3.63, 3.8) is 0 Å². The number of allylic oxidation sites excluding steroid dienone is 4. The second-order valence-corrected chi connectivity index (χ2v) is 18.4. The van der Waals surface area contributed by atoms with E-state index in [1.165, 1.54) is 110 Å². The van der Waals surface area contributed by atoms with Gasteiger partial charge in [-0.2, -0.15) is 0 Å². The van der Waals surface area contributed by atoms with Crippen LogP contribution < -0.4 is 0 Å². The number of nitrogens with zero attached hydrogens (tertiary/aromatic N) is 2. The molecule has 2 nitrogen and oxygen atoms in total. The van der Waals surface area contributed by atoms with E-state index >= 15 is 0 Å². The monoisotopic (exact) mass is 852 g/mol. The molecule has 2 heterocycles. The fourth-order valence-electron chi connectivity index (χ4n) is 11.9. The molecule has 0 N–H and O–H groups in total. The molecule has 10 aromatic carbocycles. The molecule has 2 aliphatic rings. The summed E-state index contributed by atoms with van der Waals surface area (Å²) >= 11 is 0. The summed E-state index contributed by atoms with van der Waals surface area (Å²) in [6, 6.07) is 84.2. The molecule has 0 aliphatic heterocycles. The normalized spacial score (nSPS) is 15.0. The minimum atomic E-state index is -0.501. The summed E-state index contributed by atoms with van der Waals surface area (Å²) in [5, 5.41) is 7.46. The smallest absolute Gasteiger partial charge is 0.0714 e. The fourth-order valence-corrected chi connectivity index (χ4v) is 11.9. The fraction of sp³-hybridized carbons (Fsp3) is 0.0462. The molecule has 0 fully saturated rings. The summed E-state index contributed by atoms with van der Waals surface area (Å²) in [5.74, 6) is 0.424. The van der Waals surface area contributed by atoms with Gasteiger partial charge in [0.15, 0.2) is 0 Å². The first-order valence-electron chi connectivity index (χ1n) is 23.5. The zero-order chi connectivity index (χ0) is 44.1. The zero-order valence-electron chi connectivity index (χ0n) is 36.9. The van der Waals surface area contributed by atoms with E-state index in [9.17, 15) is 0 Å². The van der Waals surface area contributed by atoms with Crippen LogP contribution in [0, 0.1) is 0 Å². The average molecular weight is 853 g/mol. The van der Waals surface area contributed by atoms with Crippen LogP contribution >= 0.6 is 0 Å². The Bertz CT molecular complexity index is 3950. The number of rotatable bonds is 6. The van der Waals surface area contributed by atoms with Crippen molar-refractivity contribution in [2.75, 3.05) is 0 Å². The molecule has 0 amide bonds. The van der Waals surface area contributed by atoms with Crippen LogP contribution in [0.3, 0.4) is 0 Å². The van der Waals surface area contributed by atoms with Crippen molar-refractivity contribution in [1.29, 1.82) is 0 Å². The van der Waals surface area contributed by atoms with Crippen LogP contribution in [-0.2, 0) is 5.41 Å². The molecule has 2 aliphatic carbocycles. The maximum atomic E-state index is 2.52. The maximum absolute atomic E-state index is 2.52.